The topological polar surface area (TPSA) is 135 Å². The highest BCUT2D eigenvalue weighted by Gasteiger charge is 2.37. The van der Waals surface area contributed by atoms with Crippen LogP contribution in [0.15, 0.2) is 24.3 Å². The van der Waals surface area contributed by atoms with E-state index in [2.05, 4.69) is 20.5 Å². The van der Waals surface area contributed by atoms with E-state index in [1.54, 1.807) is 6.07 Å². The van der Waals surface area contributed by atoms with Crippen LogP contribution in [0.2, 0.25) is 0 Å². The van der Waals surface area contributed by atoms with Crippen molar-refractivity contribution in [3.05, 3.63) is 45.4 Å². The smallest absolute Gasteiger partial charge is 0.265 e. The monoisotopic (exact) mass is 678 g/mol. The van der Waals surface area contributed by atoms with Gasteiger partial charge in [-0.15, -0.1) is 11.3 Å². The summed E-state index contributed by atoms with van der Waals surface area (Å²) in [6.45, 7) is 7.68. The zero-order valence-corrected chi connectivity index (χ0v) is 28.9. The maximum Gasteiger partial charge on any atom is 0.265 e. The molecule has 2 aromatic rings. The van der Waals surface area contributed by atoms with Gasteiger partial charge in [-0.25, -0.2) is 4.98 Å². The van der Waals surface area contributed by atoms with E-state index in [1.165, 1.54) is 11.3 Å². The number of hydrogen-bond acceptors (Lipinski definition) is 8. The number of piperidine rings is 2. The van der Waals surface area contributed by atoms with Gasteiger partial charge in [0.2, 0.25) is 17.7 Å². The molecule has 4 atom stereocenters. The summed E-state index contributed by atoms with van der Waals surface area (Å²) >= 11 is 1.39. The Morgan fingerprint density at radius 1 is 0.917 bits per heavy atom. The van der Waals surface area contributed by atoms with Gasteiger partial charge in [-0.1, -0.05) is 18.2 Å². The number of phenolic OH excluding ortho intramolecular Hbond substituents is 1. The van der Waals surface area contributed by atoms with Crippen LogP contribution in [0.5, 0.6) is 5.75 Å². The summed E-state index contributed by atoms with van der Waals surface area (Å²) in [5.74, 6) is 0.669. The minimum absolute atomic E-state index is 0.0140. The highest BCUT2D eigenvalue weighted by molar-refractivity contribution is 7.13. The summed E-state index contributed by atoms with van der Waals surface area (Å²) in [4.78, 5) is 64.9. The third-order valence-corrected chi connectivity index (χ3v) is 12.1. The number of amides is 4. The Kier molecular flexibility index (Phi) is 11.3. The summed E-state index contributed by atoms with van der Waals surface area (Å²) in [6, 6.07) is 7.41. The molecule has 1 aromatic heterocycles. The van der Waals surface area contributed by atoms with Gasteiger partial charge in [-0.05, 0) is 75.3 Å². The molecule has 3 N–H and O–H groups in total. The molecule has 12 heteroatoms. The first-order chi connectivity index (χ1) is 23.2. The molecule has 0 spiro atoms. The third kappa shape index (κ3) is 8.55. The minimum atomic E-state index is -0.109. The van der Waals surface area contributed by atoms with Crippen LogP contribution in [0.25, 0.3) is 0 Å². The first-order valence-electron chi connectivity index (χ1n) is 17.8. The number of aryl methyl sites for hydroxylation is 1. The maximum atomic E-state index is 13.7. The molecule has 4 aliphatic rings. The summed E-state index contributed by atoms with van der Waals surface area (Å²) in [7, 11) is 0. The molecule has 3 fully saturated rings. The standard InChI is InChI=1S/C36H50N6O5S/c1-24-35-36(47)42-17-11-26(20-34(46)41-14-4-5-15-41)29(23-42)19-32(45)37-12-8-27-21-40(22-28-6-2-3-7-30(28)43)16-10-25(27)18-31(44)38-13-9-33(39-24)48-35/h2-3,6-7,25-27,29,43H,4-5,8-23H2,1H3,(H,37,45)(H,38,44)/t25-,26-,27-,29-/m0/s1. The molecule has 4 bridgehead atoms. The molecule has 1 aromatic carbocycles. The Bertz CT molecular complexity index is 1470. The Hall–Kier alpha value is -3.51. The first-order valence-corrected chi connectivity index (χ1v) is 18.6. The average molecular weight is 679 g/mol. The Labute approximate surface area is 287 Å². The number of thiazole rings is 1. The molecule has 4 aliphatic heterocycles. The number of phenols is 1. The molecule has 4 amide bonds. The van der Waals surface area contributed by atoms with Crippen molar-refractivity contribution >= 4 is 35.0 Å². The van der Waals surface area contributed by atoms with Gasteiger partial charge in [-0.3, -0.25) is 24.1 Å². The maximum absolute atomic E-state index is 13.7. The molecule has 5 heterocycles. The lowest BCUT2D eigenvalue weighted by molar-refractivity contribution is -0.133. The van der Waals surface area contributed by atoms with E-state index in [-0.39, 0.29) is 59.5 Å². The third-order valence-electron chi connectivity index (χ3n) is 10.9. The molecule has 0 aliphatic carbocycles. The predicted molar refractivity (Wildman–Crippen MR) is 183 cm³/mol. The number of nitrogens with one attached hydrogen (secondary N) is 2. The Balaban J connectivity index is 1.17. The molecular weight excluding hydrogens is 629 g/mol. The van der Waals surface area contributed by atoms with E-state index >= 15 is 0 Å². The van der Waals surface area contributed by atoms with Gasteiger partial charge in [0.15, 0.2) is 0 Å². The number of carbonyl (C=O) groups excluding carboxylic acids is 4. The number of rotatable bonds is 4. The number of carbonyl (C=O) groups is 4. The number of benzene rings is 1. The number of aromatic nitrogens is 1. The van der Waals surface area contributed by atoms with Crippen molar-refractivity contribution in [2.45, 2.75) is 71.3 Å². The summed E-state index contributed by atoms with van der Waals surface area (Å²) in [6.07, 6.45) is 6.05. The zero-order valence-electron chi connectivity index (χ0n) is 28.1. The number of aromatic hydroxyl groups is 1. The molecule has 0 unspecified atom stereocenters. The van der Waals surface area contributed by atoms with E-state index in [9.17, 15) is 24.3 Å². The molecule has 6 rings (SSSR count). The minimum Gasteiger partial charge on any atom is -0.508 e. The number of likely N-dealkylation sites (tertiary alicyclic amines) is 2. The van der Waals surface area contributed by atoms with E-state index in [1.807, 2.05) is 34.9 Å². The lowest BCUT2D eigenvalue weighted by Gasteiger charge is -2.39. The van der Waals surface area contributed by atoms with Crippen LogP contribution in [-0.2, 0) is 27.3 Å². The summed E-state index contributed by atoms with van der Waals surface area (Å²) in [5.41, 5.74) is 1.58. The fourth-order valence-electron chi connectivity index (χ4n) is 8.09. The molecule has 0 saturated carbocycles. The van der Waals surface area contributed by atoms with Gasteiger partial charge in [0.25, 0.3) is 5.91 Å². The zero-order chi connectivity index (χ0) is 33.6. The van der Waals surface area contributed by atoms with Crippen molar-refractivity contribution in [3.8, 4) is 5.75 Å². The van der Waals surface area contributed by atoms with E-state index in [0.717, 1.165) is 62.4 Å². The number of fused-ring (bicyclic) bond motifs is 5. The van der Waals surface area contributed by atoms with Crippen LogP contribution in [0, 0.1) is 30.6 Å². The van der Waals surface area contributed by atoms with Gasteiger partial charge >= 0.3 is 0 Å². The number of para-hydroxylation sites is 1. The molecule has 0 radical (unpaired) electrons. The predicted octanol–water partition coefficient (Wildman–Crippen LogP) is 3.35. The SMILES string of the molecule is Cc1nc2sc1C(=O)N1CC[C@@H](CC(=O)N3CCCC3)[C@@H](CC(=O)NCC[C@H]3CN(Cc4ccccc4O)CC[C@H]3CC(=O)NCC2)C1. The summed E-state index contributed by atoms with van der Waals surface area (Å²) < 4.78 is 0. The van der Waals surface area contributed by atoms with Gasteiger partial charge in [0.1, 0.15) is 10.6 Å². The lowest BCUT2D eigenvalue weighted by atomic mass is 9.80. The first kappa shape index (κ1) is 34.4. The van der Waals surface area contributed by atoms with Crippen LogP contribution in [0.1, 0.15) is 77.3 Å². The largest absolute Gasteiger partial charge is 0.508 e. The number of hydrogen-bond donors (Lipinski definition) is 3. The fraction of sp³-hybridized carbons (Fsp3) is 0.639. The molecular formula is C36H50N6O5S. The highest BCUT2D eigenvalue weighted by atomic mass is 32.1. The summed E-state index contributed by atoms with van der Waals surface area (Å²) in [5, 5.41) is 17.4. The van der Waals surface area contributed by atoms with E-state index in [0.29, 0.717) is 69.0 Å². The fourth-order valence-corrected chi connectivity index (χ4v) is 9.13. The van der Waals surface area contributed by atoms with Crippen LogP contribution >= 0.6 is 11.3 Å². The molecule has 11 nitrogen and oxygen atoms in total. The van der Waals surface area contributed by atoms with Crippen LogP contribution < -0.4 is 10.6 Å². The van der Waals surface area contributed by atoms with Crippen molar-refractivity contribution in [2.75, 3.05) is 52.4 Å². The van der Waals surface area contributed by atoms with Crippen LogP contribution in [0.3, 0.4) is 0 Å². The molecule has 48 heavy (non-hydrogen) atoms. The van der Waals surface area contributed by atoms with Crippen molar-refractivity contribution in [1.29, 1.82) is 0 Å². The quantitative estimate of drug-likeness (QED) is 0.452. The van der Waals surface area contributed by atoms with E-state index < -0.39 is 0 Å². The van der Waals surface area contributed by atoms with E-state index in [4.69, 9.17) is 0 Å². The average Bonchev–Trinajstić information content (AvgIpc) is 3.74. The number of nitrogens with zero attached hydrogens (tertiary/aromatic N) is 4. The van der Waals surface area contributed by atoms with Gasteiger partial charge in [-0.2, -0.15) is 0 Å². The van der Waals surface area contributed by atoms with Gasteiger partial charge in [0, 0.05) is 83.6 Å². The second-order valence-corrected chi connectivity index (χ2v) is 15.3. The second-order valence-electron chi connectivity index (χ2n) is 14.2. The second kappa shape index (κ2) is 15.8. The Morgan fingerprint density at radius 2 is 1.67 bits per heavy atom. The Morgan fingerprint density at radius 3 is 2.46 bits per heavy atom. The molecule has 3 saturated heterocycles. The lowest BCUT2D eigenvalue weighted by Crippen LogP contribution is -2.46. The molecule has 260 valence electrons. The van der Waals surface area contributed by atoms with Crippen molar-refractivity contribution in [3.63, 3.8) is 0 Å². The van der Waals surface area contributed by atoms with Gasteiger partial charge in [0.05, 0.1) is 10.7 Å². The van der Waals surface area contributed by atoms with Crippen LogP contribution in [0.4, 0.5) is 0 Å². The van der Waals surface area contributed by atoms with Gasteiger partial charge < -0.3 is 25.5 Å². The van der Waals surface area contributed by atoms with Crippen molar-refractivity contribution in [1.82, 2.24) is 30.3 Å². The highest BCUT2D eigenvalue weighted by Crippen LogP contribution is 2.34. The normalized spacial score (nSPS) is 26.6. The van der Waals surface area contributed by atoms with Crippen LogP contribution in [-0.4, -0.2) is 101 Å². The van der Waals surface area contributed by atoms with Crippen molar-refractivity contribution < 1.29 is 24.3 Å². The van der Waals surface area contributed by atoms with Crippen molar-refractivity contribution in [2.24, 2.45) is 23.7 Å².